The molecular weight excluding hydrogens is 350 g/mol. The quantitative estimate of drug-likeness (QED) is 0.848. The van der Waals surface area contributed by atoms with E-state index in [1.807, 2.05) is 41.0 Å². The summed E-state index contributed by atoms with van der Waals surface area (Å²) in [7, 11) is 0. The van der Waals surface area contributed by atoms with Gasteiger partial charge in [-0.15, -0.1) is 0 Å². The zero-order chi connectivity index (χ0) is 19.3. The van der Waals surface area contributed by atoms with Crippen LogP contribution in [0.1, 0.15) is 37.7 Å². The van der Waals surface area contributed by atoms with E-state index in [-0.39, 0.29) is 11.9 Å². The number of benzene rings is 1. The zero-order valence-electron chi connectivity index (χ0n) is 16.8. The summed E-state index contributed by atoms with van der Waals surface area (Å²) in [6.07, 6.45) is 6.54. The van der Waals surface area contributed by atoms with E-state index >= 15 is 0 Å². The number of aryl methyl sites for hydroxylation is 1. The van der Waals surface area contributed by atoms with Crippen molar-refractivity contribution in [3.8, 4) is 0 Å². The van der Waals surface area contributed by atoms with Crippen molar-refractivity contribution in [3.05, 3.63) is 29.8 Å². The molecule has 150 valence electrons. The molecule has 4 aliphatic carbocycles. The SMILES string of the molecule is Cc1cccc(NC(=O)N2CCN(C(=O)C3C4CC5CC(C4)CC3C5)CC2)c1. The summed E-state index contributed by atoms with van der Waals surface area (Å²) in [4.78, 5) is 29.8. The highest BCUT2D eigenvalue weighted by molar-refractivity contribution is 5.89. The van der Waals surface area contributed by atoms with Crippen LogP contribution >= 0.6 is 0 Å². The molecule has 5 fully saturated rings. The van der Waals surface area contributed by atoms with Gasteiger partial charge in [0.15, 0.2) is 0 Å². The van der Waals surface area contributed by atoms with Crippen LogP contribution in [0.4, 0.5) is 10.5 Å². The average molecular weight is 382 g/mol. The normalized spacial score (nSPS) is 33.8. The number of nitrogens with zero attached hydrogens (tertiary/aromatic N) is 2. The van der Waals surface area contributed by atoms with E-state index in [0.717, 1.165) is 23.1 Å². The number of carbonyl (C=O) groups excluding carboxylic acids is 2. The molecule has 1 N–H and O–H groups in total. The van der Waals surface area contributed by atoms with Gasteiger partial charge in [-0.2, -0.15) is 0 Å². The molecule has 1 aromatic rings. The summed E-state index contributed by atoms with van der Waals surface area (Å²) in [5.74, 6) is 3.70. The maximum atomic E-state index is 13.3. The summed E-state index contributed by atoms with van der Waals surface area (Å²) in [6, 6.07) is 7.80. The van der Waals surface area contributed by atoms with Gasteiger partial charge in [0.05, 0.1) is 0 Å². The Morgan fingerprint density at radius 1 is 0.893 bits per heavy atom. The summed E-state index contributed by atoms with van der Waals surface area (Å²) in [5, 5.41) is 2.99. The monoisotopic (exact) mass is 381 g/mol. The Kier molecular flexibility index (Phi) is 4.56. The Hall–Kier alpha value is -2.04. The van der Waals surface area contributed by atoms with Gasteiger partial charge in [-0.25, -0.2) is 4.79 Å². The smallest absolute Gasteiger partial charge is 0.321 e. The van der Waals surface area contributed by atoms with Crippen LogP contribution in [0.15, 0.2) is 24.3 Å². The number of piperazine rings is 1. The topological polar surface area (TPSA) is 52.7 Å². The Morgan fingerprint density at radius 3 is 2.11 bits per heavy atom. The van der Waals surface area contributed by atoms with Crippen molar-refractivity contribution in [2.24, 2.45) is 29.6 Å². The van der Waals surface area contributed by atoms with Crippen LogP contribution < -0.4 is 5.32 Å². The third-order valence-electron chi connectivity index (χ3n) is 7.66. The highest BCUT2D eigenvalue weighted by atomic mass is 16.2. The van der Waals surface area contributed by atoms with E-state index in [9.17, 15) is 9.59 Å². The van der Waals surface area contributed by atoms with Crippen LogP contribution in [0.25, 0.3) is 0 Å². The van der Waals surface area contributed by atoms with Gasteiger partial charge >= 0.3 is 6.03 Å². The van der Waals surface area contributed by atoms with Crippen molar-refractivity contribution < 1.29 is 9.59 Å². The number of urea groups is 1. The third kappa shape index (κ3) is 3.29. The van der Waals surface area contributed by atoms with Crippen molar-refractivity contribution in [1.82, 2.24) is 9.80 Å². The highest BCUT2D eigenvalue weighted by Gasteiger charge is 2.51. The second kappa shape index (κ2) is 7.09. The first-order valence-corrected chi connectivity index (χ1v) is 11.0. The van der Waals surface area contributed by atoms with Crippen LogP contribution in [-0.2, 0) is 4.79 Å². The Labute approximate surface area is 167 Å². The minimum Gasteiger partial charge on any atom is -0.339 e. The summed E-state index contributed by atoms with van der Waals surface area (Å²) >= 11 is 0. The van der Waals surface area contributed by atoms with Gasteiger partial charge in [0.25, 0.3) is 0 Å². The molecule has 5 nitrogen and oxygen atoms in total. The molecule has 4 bridgehead atoms. The first kappa shape index (κ1) is 18.0. The molecule has 5 aliphatic rings. The fourth-order valence-corrected chi connectivity index (χ4v) is 6.59. The van der Waals surface area contributed by atoms with Crippen LogP contribution in [0.3, 0.4) is 0 Å². The Morgan fingerprint density at radius 2 is 1.50 bits per heavy atom. The highest BCUT2D eigenvalue weighted by Crippen LogP contribution is 2.56. The number of amides is 3. The number of anilines is 1. The molecule has 0 atom stereocenters. The van der Waals surface area contributed by atoms with Gasteiger partial charge in [0.2, 0.25) is 5.91 Å². The average Bonchev–Trinajstić information content (AvgIpc) is 2.67. The van der Waals surface area contributed by atoms with Crippen molar-refractivity contribution in [2.75, 3.05) is 31.5 Å². The fraction of sp³-hybridized carbons (Fsp3) is 0.652. The molecule has 4 saturated carbocycles. The Bertz CT molecular complexity index is 741. The van der Waals surface area contributed by atoms with Crippen molar-refractivity contribution >= 4 is 17.6 Å². The standard InChI is InChI=1S/C23H31N3O2/c1-15-3-2-4-20(9-15)24-23(28)26-7-5-25(6-8-26)22(27)21-18-11-16-10-17(13-18)14-19(21)12-16/h2-4,9,16-19,21H,5-8,10-14H2,1H3,(H,24,28). The zero-order valence-corrected chi connectivity index (χ0v) is 16.8. The molecule has 0 spiro atoms. The second-order valence-corrected chi connectivity index (χ2v) is 9.57. The fourth-order valence-electron chi connectivity index (χ4n) is 6.59. The van der Waals surface area contributed by atoms with E-state index in [4.69, 9.17) is 0 Å². The lowest BCUT2D eigenvalue weighted by Crippen LogP contribution is -2.57. The van der Waals surface area contributed by atoms with E-state index in [2.05, 4.69) is 5.32 Å². The Balaban J connectivity index is 1.17. The second-order valence-electron chi connectivity index (χ2n) is 9.57. The van der Waals surface area contributed by atoms with E-state index in [0.29, 0.717) is 43.9 Å². The number of nitrogens with one attached hydrogen (secondary N) is 1. The van der Waals surface area contributed by atoms with Crippen LogP contribution in [0.5, 0.6) is 0 Å². The molecule has 5 heteroatoms. The number of rotatable bonds is 2. The van der Waals surface area contributed by atoms with Gasteiger partial charge in [-0.3, -0.25) is 4.79 Å². The van der Waals surface area contributed by atoms with Crippen molar-refractivity contribution in [3.63, 3.8) is 0 Å². The molecule has 1 aromatic carbocycles. The lowest BCUT2D eigenvalue weighted by Gasteiger charge is -2.54. The lowest BCUT2D eigenvalue weighted by atomic mass is 9.51. The summed E-state index contributed by atoms with van der Waals surface area (Å²) in [5.41, 5.74) is 1.96. The maximum Gasteiger partial charge on any atom is 0.321 e. The largest absolute Gasteiger partial charge is 0.339 e. The molecule has 6 rings (SSSR count). The van der Waals surface area contributed by atoms with Crippen molar-refractivity contribution in [1.29, 1.82) is 0 Å². The van der Waals surface area contributed by atoms with E-state index < -0.39 is 0 Å². The number of carbonyl (C=O) groups is 2. The molecule has 0 aromatic heterocycles. The molecule has 1 aliphatic heterocycles. The molecule has 0 unspecified atom stereocenters. The van der Waals surface area contributed by atoms with E-state index in [1.54, 1.807) is 0 Å². The molecule has 3 amide bonds. The number of hydrogen-bond acceptors (Lipinski definition) is 2. The van der Waals surface area contributed by atoms with Crippen molar-refractivity contribution in [2.45, 2.75) is 39.0 Å². The van der Waals surface area contributed by atoms with Gasteiger partial charge in [-0.05, 0) is 80.4 Å². The number of hydrogen-bond donors (Lipinski definition) is 1. The first-order chi connectivity index (χ1) is 13.6. The molecule has 0 radical (unpaired) electrons. The lowest BCUT2D eigenvalue weighted by molar-refractivity contribution is -0.150. The van der Waals surface area contributed by atoms with Crippen LogP contribution in [0.2, 0.25) is 0 Å². The predicted molar refractivity (Wildman–Crippen MR) is 109 cm³/mol. The summed E-state index contributed by atoms with van der Waals surface area (Å²) < 4.78 is 0. The molecular formula is C23H31N3O2. The maximum absolute atomic E-state index is 13.3. The van der Waals surface area contributed by atoms with Gasteiger partial charge < -0.3 is 15.1 Å². The molecule has 1 heterocycles. The molecule has 1 saturated heterocycles. The molecule has 28 heavy (non-hydrogen) atoms. The van der Waals surface area contributed by atoms with Gasteiger partial charge in [0.1, 0.15) is 0 Å². The van der Waals surface area contributed by atoms with Gasteiger partial charge in [0, 0.05) is 37.8 Å². The third-order valence-corrected chi connectivity index (χ3v) is 7.66. The van der Waals surface area contributed by atoms with Gasteiger partial charge in [-0.1, -0.05) is 12.1 Å². The van der Waals surface area contributed by atoms with Crippen LogP contribution in [0, 0.1) is 36.5 Å². The predicted octanol–water partition coefficient (Wildman–Crippen LogP) is 3.74. The minimum absolute atomic E-state index is 0.0627. The van der Waals surface area contributed by atoms with E-state index in [1.165, 1.54) is 32.1 Å². The minimum atomic E-state index is -0.0627. The first-order valence-electron chi connectivity index (χ1n) is 11.0. The summed E-state index contributed by atoms with van der Waals surface area (Å²) in [6.45, 7) is 4.60. The van der Waals surface area contributed by atoms with Crippen LogP contribution in [-0.4, -0.2) is 47.9 Å².